The van der Waals surface area contributed by atoms with Crippen LogP contribution in [-0.4, -0.2) is 25.4 Å². The molecule has 0 radical (unpaired) electrons. The number of nitrogens with two attached hydrogens (primary N) is 1. The molecule has 1 aliphatic carbocycles. The quantitative estimate of drug-likeness (QED) is 0.257. The molecule has 1 fully saturated rings. The van der Waals surface area contributed by atoms with Gasteiger partial charge in [-0.25, -0.2) is 15.0 Å². The number of ether oxygens (including phenoxy) is 1. The van der Waals surface area contributed by atoms with Gasteiger partial charge in [-0.15, -0.1) is 0 Å². The summed E-state index contributed by atoms with van der Waals surface area (Å²) in [5.74, 6) is 2.23. The summed E-state index contributed by atoms with van der Waals surface area (Å²) >= 11 is 0. The molecule has 1 aliphatic rings. The summed E-state index contributed by atoms with van der Waals surface area (Å²) in [5, 5.41) is 3.44. The number of benzene rings is 3. The van der Waals surface area contributed by atoms with Crippen LogP contribution in [-0.2, 0) is 0 Å². The molecule has 38 heavy (non-hydrogen) atoms. The van der Waals surface area contributed by atoms with E-state index >= 15 is 0 Å². The van der Waals surface area contributed by atoms with Crippen LogP contribution in [0, 0.1) is 0 Å². The number of aromatic nitrogens is 4. The second-order valence-corrected chi connectivity index (χ2v) is 9.52. The SMILES string of the molecule is NC(=O)c1ccc(-c2nc(Nc3ccc(Oc4ccccc4)cc3)c3ncn(C4CCCCC4)c3n2)cc1. The number of fused-ring (bicyclic) bond motifs is 1. The normalized spacial score (nSPS) is 13.9. The molecule has 8 heteroatoms. The van der Waals surface area contributed by atoms with Crippen LogP contribution in [0.3, 0.4) is 0 Å². The zero-order valence-corrected chi connectivity index (χ0v) is 20.9. The highest BCUT2D eigenvalue weighted by atomic mass is 16.5. The summed E-state index contributed by atoms with van der Waals surface area (Å²) in [6.07, 6.45) is 7.80. The number of rotatable bonds is 7. The zero-order valence-electron chi connectivity index (χ0n) is 20.9. The van der Waals surface area contributed by atoms with Crippen molar-refractivity contribution < 1.29 is 9.53 Å². The van der Waals surface area contributed by atoms with Crippen molar-refractivity contribution in [3.63, 3.8) is 0 Å². The number of amides is 1. The summed E-state index contributed by atoms with van der Waals surface area (Å²) in [5.41, 5.74) is 9.04. The molecular formula is C30H28N6O2. The highest BCUT2D eigenvalue weighted by molar-refractivity contribution is 5.93. The minimum atomic E-state index is -0.467. The number of para-hydroxylation sites is 1. The Morgan fingerprint density at radius 3 is 2.29 bits per heavy atom. The van der Waals surface area contributed by atoms with Crippen LogP contribution >= 0.6 is 0 Å². The van der Waals surface area contributed by atoms with Crippen molar-refractivity contribution in [3.05, 3.63) is 90.8 Å². The summed E-state index contributed by atoms with van der Waals surface area (Å²) in [6.45, 7) is 0. The zero-order chi connectivity index (χ0) is 25.9. The third-order valence-electron chi connectivity index (χ3n) is 6.91. The first-order valence-corrected chi connectivity index (χ1v) is 12.9. The lowest BCUT2D eigenvalue weighted by molar-refractivity contribution is 0.100. The molecule has 1 saturated carbocycles. The molecule has 3 aromatic carbocycles. The monoisotopic (exact) mass is 504 g/mol. The fourth-order valence-corrected chi connectivity index (χ4v) is 4.91. The number of primary amides is 1. The molecule has 0 bridgehead atoms. The number of imidazole rings is 1. The third kappa shape index (κ3) is 4.93. The van der Waals surface area contributed by atoms with Gasteiger partial charge in [0.15, 0.2) is 22.8 Å². The molecule has 8 nitrogen and oxygen atoms in total. The molecule has 0 aliphatic heterocycles. The highest BCUT2D eigenvalue weighted by Gasteiger charge is 2.21. The van der Waals surface area contributed by atoms with E-state index in [2.05, 4.69) is 9.88 Å². The summed E-state index contributed by atoms with van der Waals surface area (Å²) in [7, 11) is 0. The van der Waals surface area contributed by atoms with Crippen LogP contribution in [0.15, 0.2) is 85.2 Å². The maximum absolute atomic E-state index is 11.6. The van der Waals surface area contributed by atoms with Crippen LogP contribution in [0.25, 0.3) is 22.6 Å². The van der Waals surface area contributed by atoms with E-state index in [0.717, 1.165) is 46.8 Å². The maximum Gasteiger partial charge on any atom is 0.248 e. The Hall–Kier alpha value is -4.72. The predicted octanol–water partition coefficient (Wildman–Crippen LogP) is 6.63. The molecule has 3 N–H and O–H groups in total. The smallest absolute Gasteiger partial charge is 0.248 e. The average molecular weight is 505 g/mol. The topological polar surface area (TPSA) is 108 Å². The Balaban J connectivity index is 1.35. The molecule has 0 atom stereocenters. The van der Waals surface area contributed by atoms with Crippen molar-refractivity contribution in [1.29, 1.82) is 0 Å². The number of nitrogens with one attached hydrogen (secondary N) is 1. The lowest BCUT2D eigenvalue weighted by Gasteiger charge is -2.23. The number of nitrogens with zero attached hydrogens (tertiary/aromatic N) is 4. The van der Waals surface area contributed by atoms with E-state index in [4.69, 9.17) is 25.4 Å². The number of hydrogen-bond acceptors (Lipinski definition) is 6. The fourth-order valence-electron chi connectivity index (χ4n) is 4.91. The van der Waals surface area contributed by atoms with Gasteiger partial charge in [0.05, 0.1) is 6.33 Å². The van der Waals surface area contributed by atoms with Crippen molar-refractivity contribution in [3.8, 4) is 22.9 Å². The van der Waals surface area contributed by atoms with E-state index in [-0.39, 0.29) is 0 Å². The van der Waals surface area contributed by atoms with Crippen molar-refractivity contribution in [2.45, 2.75) is 38.1 Å². The molecular weight excluding hydrogens is 476 g/mol. The molecule has 5 aromatic rings. The van der Waals surface area contributed by atoms with Gasteiger partial charge in [-0.3, -0.25) is 4.79 Å². The molecule has 2 aromatic heterocycles. The summed E-state index contributed by atoms with van der Waals surface area (Å²) in [4.78, 5) is 26.1. The van der Waals surface area contributed by atoms with Crippen molar-refractivity contribution in [2.24, 2.45) is 5.73 Å². The van der Waals surface area contributed by atoms with Crippen molar-refractivity contribution >= 4 is 28.6 Å². The molecule has 0 saturated heterocycles. The Bertz CT molecular complexity index is 1560. The van der Waals surface area contributed by atoms with Crippen LogP contribution < -0.4 is 15.8 Å². The van der Waals surface area contributed by atoms with Gasteiger partial charge >= 0.3 is 0 Å². The largest absolute Gasteiger partial charge is 0.457 e. The van der Waals surface area contributed by atoms with Crippen LogP contribution in [0.5, 0.6) is 11.5 Å². The third-order valence-corrected chi connectivity index (χ3v) is 6.91. The van der Waals surface area contributed by atoms with Gasteiger partial charge in [-0.2, -0.15) is 0 Å². The number of anilines is 2. The molecule has 0 unspecified atom stereocenters. The van der Waals surface area contributed by atoms with Gasteiger partial charge < -0.3 is 20.4 Å². The number of carbonyl (C=O) groups is 1. The van der Waals surface area contributed by atoms with Gasteiger partial charge in [-0.1, -0.05) is 49.6 Å². The first-order valence-electron chi connectivity index (χ1n) is 12.9. The van der Waals surface area contributed by atoms with E-state index in [9.17, 15) is 4.79 Å². The van der Waals surface area contributed by atoms with E-state index in [1.807, 2.05) is 73.1 Å². The molecule has 0 spiro atoms. The maximum atomic E-state index is 11.6. The van der Waals surface area contributed by atoms with Crippen LogP contribution in [0.2, 0.25) is 0 Å². The Morgan fingerprint density at radius 1 is 0.868 bits per heavy atom. The minimum absolute atomic E-state index is 0.371. The van der Waals surface area contributed by atoms with Gasteiger partial charge in [0.2, 0.25) is 5.91 Å². The minimum Gasteiger partial charge on any atom is -0.457 e. The Labute approximate surface area is 220 Å². The van der Waals surface area contributed by atoms with Crippen molar-refractivity contribution in [2.75, 3.05) is 5.32 Å². The van der Waals surface area contributed by atoms with Gasteiger partial charge in [0.1, 0.15) is 11.5 Å². The van der Waals surface area contributed by atoms with Crippen molar-refractivity contribution in [1.82, 2.24) is 19.5 Å². The lowest BCUT2D eigenvalue weighted by atomic mass is 9.95. The molecule has 6 rings (SSSR count). The first kappa shape index (κ1) is 23.7. The van der Waals surface area contributed by atoms with Gasteiger partial charge in [0, 0.05) is 22.9 Å². The number of hydrogen-bond donors (Lipinski definition) is 2. The van der Waals surface area contributed by atoms with Crippen LogP contribution in [0.1, 0.15) is 48.5 Å². The highest BCUT2D eigenvalue weighted by Crippen LogP contribution is 2.34. The molecule has 2 heterocycles. The Morgan fingerprint density at radius 2 is 1.58 bits per heavy atom. The van der Waals surface area contributed by atoms with E-state index < -0.39 is 5.91 Å². The average Bonchev–Trinajstić information content (AvgIpc) is 3.40. The Kier molecular flexibility index (Phi) is 6.44. The first-order chi connectivity index (χ1) is 18.6. The standard InChI is InChI=1S/C30H28N6O2/c31-27(37)20-11-13-21(14-12-20)28-34-29(26-30(35-28)36(19-32-26)23-7-3-1-4-8-23)33-22-15-17-25(18-16-22)38-24-9-5-2-6-10-24/h2,5-6,9-19,23H,1,3-4,7-8H2,(H2,31,37)(H,33,34,35). The fraction of sp³-hybridized carbons (Fsp3) is 0.200. The van der Waals surface area contributed by atoms with E-state index in [0.29, 0.717) is 23.2 Å². The van der Waals surface area contributed by atoms with Crippen LogP contribution in [0.4, 0.5) is 11.5 Å². The summed E-state index contributed by atoms with van der Waals surface area (Å²) in [6, 6.07) is 24.8. The molecule has 190 valence electrons. The van der Waals surface area contributed by atoms with E-state index in [1.54, 1.807) is 12.1 Å². The number of carbonyl (C=O) groups excluding carboxylic acids is 1. The second-order valence-electron chi connectivity index (χ2n) is 9.52. The second kappa shape index (κ2) is 10.3. The predicted molar refractivity (Wildman–Crippen MR) is 148 cm³/mol. The van der Waals surface area contributed by atoms with Gasteiger partial charge in [-0.05, 0) is 61.4 Å². The summed E-state index contributed by atoms with van der Waals surface area (Å²) < 4.78 is 8.12. The van der Waals surface area contributed by atoms with E-state index in [1.165, 1.54) is 19.3 Å². The molecule has 1 amide bonds. The van der Waals surface area contributed by atoms with Gasteiger partial charge in [0.25, 0.3) is 0 Å². The lowest BCUT2D eigenvalue weighted by Crippen LogP contribution is -2.13.